The third-order valence-corrected chi connectivity index (χ3v) is 5.56. The third-order valence-electron chi connectivity index (χ3n) is 5.56. The number of piperazine rings is 1. The summed E-state index contributed by atoms with van der Waals surface area (Å²) in [4.78, 5) is 9.19. The van der Waals surface area contributed by atoms with Crippen LogP contribution < -0.4 is 21.3 Å². The number of rotatable bonds is 6. The van der Waals surface area contributed by atoms with Crippen LogP contribution >= 0.6 is 0 Å². The molecule has 4 rings (SSSR count). The topological polar surface area (TPSA) is 93.2 Å². The molecule has 1 fully saturated rings. The first-order valence-corrected chi connectivity index (χ1v) is 10.5. The molecule has 2 heterocycles. The van der Waals surface area contributed by atoms with E-state index in [4.69, 9.17) is 5.73 Å². The van der Waals surface area contributed by atoms with Crippen LogP contribution in [0.25, 0.3) is 0 Å². The zero-order chi connectivity index (χ0) is 21.6. The Labute approximate surface area is 183 Å². The van der Waals surface area contributed by atoms with Gasteiger partial charge >= 0.3 is 0 Å². The molecule has 0 spiro atoms. The van der Waals surface area contributed by atoms with Gasteiger partial charge in [0.1, 0.15) is 11.9 Å². The molecular weight excluding hydrogens is 386 g/mol. The zero-order valence-corrected chi connectivity index (χ0v) is 17.7. The molecule has 1 aliphatic rings. The number of hydrogen-bond acceptors (Lipinski definition) is 7. The number of hydrogen-bond donors (Lipinski definition) is 3. The summed E-state index contributed by atoms with van der Waals surface area (Å²) in [6, 6.07) is 19.8. The summed E-state index contributed by atoms with van der Waals surface area (Å²) >= 11 is 0. The highest BCUT2D eigenvalue weighted by molar-refractivity contribution is 5.77. The van der Waals surface area contributed by atoms with E-state index in [0.717, 1.165) is 49.8 Å². The molecule has 1 saturated heterocycles. The van der Waals surface area contributed by atoms with Crippen molar-refractivity contribution in [2.24, 2.45) is 0 Å². The Morgan fingerprint density at radius 1 is 1.00 bits per heavy atom. The number of para-hydroxylation sites is 1. The van der Waals surface area contributed by atoms with Crippen LogP contribution in [0.5, 0.6) is 0 Å². The van der Waals surface area contributed by atoms with Gasteiger partial charge in [0.25, 0.3) is 0 Å². The number of aromatic nitrogens is 1. The van der Waals surface area contributed by atoms with Gasteiger partial charge in [-0.2, -0.15) is 5.26 Å². The van der Waals surface area contributed by atoms with Crippen molar-refractivity contribution in [2.45, 2.75) is 6.92 Å². The van der Waals surface area contributed by atoms with Gasteiger partial charge in [-0.3, -0.25) is 0 Å². The second kappa shape index (κ2) is 9.37. The molecule has 0 atom stereocenters. The van der Waals surface area contributed by atoms with Crippen LogP contribution in [0, 0.1) is 11.3 Å². The van der Waals surface area contributed by atoms with Crippen molar-refractivity contribution in [3.63, 3.8) is 0 Å². The number of pyridine rings is 1. The first kappa shape index (κ1) is 20.5. The molecule has 0 aliphatic carbocycles. The van der Waals surface area contributed by atoms with Crippen molar-refractivity contribution in [3.8, 4) is 6.07 Å². The number of nitriles is 1. The standard InChI is InChI=1S/C24H27N7/c1-2-30-10-12-31(13-11-30)20-8-9-22(21(26)14-20)29-24-15-23(18(16-25)17-27-24)28-19-6-4-3-5-7-19/h3-9,14-15,17H,2,10-13,26H2,1H3,(H2,27,28,29). The van der Waals surface area contributed by atoms with Gasteiger partial charge in [-0.15, -0.1) is 0 Å². The maximum absolute atomic E-state index is 9.43. The second-order valence-electron chi connectivity index (χ2n) is 7.54. The number of nitrogens with two attached hydrogens (primary N) is 1. The van der Waals surface area contributed by atoms with Gasteiger partial charge in [-0.1, -0.05) is 25.1 Å². The molecule has 0 unspecified atom stereocenters. The van der Waals surface area contributed by atoms with Crippen LogP contribution in [0.15, 0.2) is 60.8 Å². The van der Waals surface area contributed by atoms with Crippen molar-refractivity contribution in [3.05, 3.63) is 66.4 Å². The van der Waals surface area contributed by atoms with Gasteiger partial charge < -0.3 is 26.2 Å². The lowest BCUT2D eigenvalue weighted by Gasteiger charge is -2.35. The van der Waals surface area contributed by atoms with E-state index in [1.807, 2.05) is 48.5 Å². The quantitative estimate of drug-likeness (QED) is 0.522. The van der Waals surface area contributed by atoms with E-state index in [2.05, 4.69) is 44.5 Å². The van der Waals surface area contributed by atoms with Gasteiger partial charge in [0.05, 0.1) is 22.6 Å². The lowest BCUT2D eigenvalue weighted by molar-refractivity contribution is 0.271. The molecule has 31 heavy (non-hydrogen) atoms. The summed E-state index contributed by atoms with van der Waals surface area (Å²) in [7, 11) is 0. The smallest absolute Gasteiger partial charge is 0.132 e. The number of benzene rings is 2. The highest BCUT2D eigenvalue weighted by atomic mass is 15.3. The summed E-state index contributed by atoms with van der Waals surface area (Å²) in [5.74, 6) is 0.619. The molecule has 2 aromatic carbocycles. The van der Waals surface area contributed by atoms with E-state index in [0.29, 0.717) is 22.8 Å². The van der Waals surface area contributed by atoms with E-state index < -0.39 is 0 Å². The van der Waals surface area contributed by atoms with Crippen LogP contribution in [-0.4, -0.2) is 42.6 Å². The number of nitrogens with zero attached hydrogens (tertiary/aromatic N) is 4. The lowest BCUT2D eigenvalue weighted by Crippen LogP contribution is -2.46. The number of nitrogens with one attached hydrogen (secondary N) is 2. The van der Waals surface area contributed by atoms with Gasteiger partial charge in [0, 0.05) is 49.8 Å². The molecule has 0 radical (unpaired) electrons. The van der Waals surface area contributed by atoms with Crippen LogP contribution in [0.1, 0.15) is 12.5 Å². The van der Waals surface area contributed by atoms with Gasteiger partial charge in [0.2, 0.25) is 0 Å². The van der Waals surface area contributed by atoms with Crippen LogP contribution in [0.3, 0.4) is 0 Å². The van der Waals surface area contributed by atoms with E-state index in [9.17, 15) is 5.26 Å². The monoisotopic (exact) mass is 413 g/mol. The Morgan fingerprint density at radius 3 is 2.45 bits per heavy atom. The highest BCUT2D eigenvalue weighted by Crippen LogP contribution is 2.30. The minimum atomic E-state index is 0.476. The van der Waals surface area contributed by atoms with Gasteiger partial charge in [0.15, 0.2) is 0 Å². The third kappa shape index (κ3) is 4.87. The molecule has 0 bridgehead atoms. The average molecular weight is 414 g/mol. The molecule has 158 valence electrons. The molecule has 1 aromatic heterocycles. The lowest BCUT2D eigenvalue weighted by atomic mass is 10.2. The summed E-state index contributed by atoms with van der Waals surface area (Å²) in [6.45, 7) is 7.45. The summed E-state index contributed by atoms with van der Waals surface area (Å²) in [6.07, 6.45) is 1.56. The molecule has 4 N–H and O–H groups in total. The van der Waals surface area contributed by atoms with E-state index in [1.54, 1.807) is 6.20 Å². The molecular formula is C24H27N7. The Bertz CT molecular complexity index is 1070. The first-order valence-electron chi connectivity index (χ1n) is 10.5. The molecule has 7 nitrogen and oxygen atoms in total. The van der Waals surface area contributed by atoms with E-state index in [1.165, 1.54) is 0 Å². The second-order valence-corrected chi connectivity index (χ2v) is 7.54. The largest absolute Gasteiger partial charge is 0.397 e. The Balaban J connectivity index is 1.50. The maximum Gasteiger partial charge on any atom is 0.132 e. The Morgan fingerprint density at radius 2 is 1.77 bits per heavy atom. The first-order chi connectivity index (χ1) is 15.2. The van der Waals surface area contributed by atoms with Crippen molar-refractivity contribution in [1.82, 2.24) is 9.88 Å². The number of likely N-dealkylation sites (N-methyl/N-ethyl adjacent to an activating group) is 1. The van der Waals surface area contributed by atoms with Gasteiger partial charge in [-0.05, 0) is 36.9 Å². The van der Waals surface area contributed by atoms with Crippen molar-refractivity contribution in [2.75, 3.05) is 54.0 Å². The fourth-order valence-corrected chi connectivity index (χ4v) is 3.71. The normalized spacial score (nSPS) is 14.1. The fraction of sp³-hybridized carbons (Fsp3) is 0.250. The fourth-order valence-electron chi connectivity index (χ4n) is 3.71. The predicted molar refractivity (Wildman–Crippen MR) is 127 cm³/mol. The molecule has 0 saturated carbocycles. The molecule has 3 aromatic rings. The minimum absolute atomic E-state index is 0.476. The molecule has 0 amide bonds. The molecule has 7 heteroatoms. The Hall–Kier alpha value is -3.76. The van der Waals surface area contributed by atoms with Crippen molar-refractivity contribution < 1.29 is 0 Å². The van der Waals surface area contributed by atoms with Crippen molar-refractivity contribution in [1.29, 1.82) is 5.26 Å². The summed E-state index contributed by atoms with van der Waals surface area (Å²) < 4.78 is 0. The summed E-state index contributed by atoms with van der Waals surface area (Å²) in [5.41, 5.74) is 11.0. The number of anilines is 6. The minimum Gasteiger partial charge on any atom is -0.397 e. The van der Waals surface area contributed by atoms with Crippen LogP contribution in [0.4, 0.5) is 34.3 Å². The van der Waals surface area contributed by atoms with E-state index >= 15 is 0 Å². The zero-order valence-electron chi connectivity index (χ0n) is 17.7. The SMILES string of the molecule is CCN1CCN(c2ccc(Nc3cc(Nc4ccccc4)c(C#N)cn3)c(N)c2)CC1. The predicted octanol–water partition coefficient (Wildman–Crippen LogP) is 4.16. The van der Waals surface area contributed by atoms with Gasteiger partial charge in [-0.25, -0.2) is 4.98 Å². The van der Waals surface area contributed by atoms with Crippen LogP contribution in [-0.2, 0) is 0 Å². The van der Waals surface area contributed by atoms with Crippen LogP contribution in [0.2, 0.25) is 0 Å². The average Bonchev–Trinajstić information content (AvgIpc) is 2.81. The number of nitrogen functional groups attached to an aromatic ring is 1. The summed E-state index contributed by atoms with van der Waals surface area (Å²) in [5, 5.41) is 16.0. The van der Waals surface area contributed by atoms with Crippen molar-refractivity contribution >= 4 is 34.3 Å². The Kier molecular flexibility index (Phi) is 6.20. The maximum atomic E-state index is 9.43. The highest BCUT2D eigenvalue weighted by Gasteiger charge is 2.16. The molecule has 1 aliphatic heterocycles. The van der Waals surface area contributed by atoms with E-state index in [-0.39, 0.29) is 0 Å².